The molecule has 0 spiro atoms. The third-order valence-corrected chi connectivity index (χ3v) is 7.83. The first-order valence-electron chi connectivity index (χ1n) is 10.1. The maximum Gasteiger partial charge on any atom is 0.0594 e. The predicted octanol–water partition coefficient (Wildman–Crippen LogP) is 3.07. The molecule has 0 atom stereocenters. The lowest BCUT2D eigenvalue weighted by Crippen LogP contribution is -2.43. The van der Waals surface area contributed by atoms with Crippen LogP contribution in [0.2, 0.25) is 0 Å². The van der Waals surface area contributed by atoms with Gasteiger partial charge in [-0.2, -0.15) is 0 Å². The van der Waals surface area contributed by atoms with E-state index < -0.39 is 0 Å². The van der Waals surface area contributed by atoms with Gasteiger partial charge in [0, 0.05) is 58.4 Å². The summed E-state index contributed by atoms with van der Waals surface area (Å²) in [5.74, 6) is 0. The van der Waals surface area contributed by atoms with E-state index >= 15 is 0 Å². The summed E-state index contributed by atoms with van der Waals surface area (Å²) < 4.78 is 8.44. The van der Waals surface area contributed by atoms with Gasteiger partial charge in [-0.3, -0.25) is 4.90 Å². The molecule has 2 saturated heterocycles. The average Bonchev–Trinajstić information content (AvgIpc) is 3.22. The van der Waals surface area contributed by atoms with Crippen molar-refractivity contribution in [1.82, 2.24) is 15.1 Å². The van der Waals surface area contributed by atoms with E-state index in [1.54, 1.807) is 9.75 Å². The molecule has 0 saturated carbocycles. The Morgan fingerprint density at radius 2 is 1.35 bits per heavy atom. The Bertz CT molecular complexity index is 587. The Balaban J connectivity index is 1.20. The van der Waals surface area contributed by atoms with Crippen molar-refractivity contribution in [2.75, 3.05) is 65.6 Å². The van der Waals surface area contributed by atoms with Gasteiger partial charge in [0.2, 0.25) is 0 Å². The van der Waals surface area contributed by atoms with E-state index in [2.05, 4.69) is 27.2 Å². The van der Waals surface area contributed by atoms with Crippen LogP contribution in [-0.2, 0) is 17.6 Å². The highest BCUT2D eigenvalue weighted by Gasteiger charge is 2.12. The second-order valence-electron chi connectivity index (χ2n) is 7.41. The largest absolute Gasteiger partial charge is 0.379 e. The quantitative estimate of drug-likeness (QED) is 0.746. The number of hydrogen-bond donors (Lipinski definition) is 1. The number of nitrogens with zero attached hydrogens (tertiary/aromatic N) is 2. The zero-order chi connectivity index (χ0) is 17.6. The minimum Gasteiger partial charge on any atom is -0.379 e. The van der Waals surface area contributed by atoms with Crippen molar-refractivity contribution in [3.05, 3.63) is 21.9 Å². The van der Waals surface area contributed by atoms with Crippen LogP contribution in [0, 0.1) is 0 Å². The van der Waals surface area contributed by atoms with Crippen molar-refractivity contribution >= 4 is 32.1 Å². The molecule has 0 radical (unpaired) electrons. The van der Waals surface area contributed by atoms with Gasteiger partial charge in [0.05, 0.1) is 13.2 Å². The molecule has 0 bridgehead atoms. The molecular formula is C20H31N3OS2. The molecule has 0 aromatic carbocycles. The molecule has 0 unspecified atom stereocenters. The highest BCUT2D eigenvalue weighted by Crippen LogP contribution is 2.34. The topological polar surface area (TPSA) is 27.7 Å². The lowest BCUT2D eigenvalue weighted by atomic mass is 10.2. The lowest BCUT2D eigenvalue weighted by molar-refractivity contribution is 0.0375. The highest BCUT2D eigenvalue weighted by molar-refractivity contribution is 7.27. The smallest absolute Gasteiger partial charge is 0.0594 e. The number of ether oxygens (including phenoxy) is 1. The van der Waals surface area contributed by atoms with Gasteiger partial charge in [-0.05, 0) is 50.9 Å². The Labute approximate surface area is 165 Å². The molecule has 0 aliphatic carbocycles. The third-order valence-electron chi connectivity index (χ3n) is 5.42. The van der Waals surface area contributed by atoms with Crippen LogP contribution in [0.1, 0.15) is 22.6 Å². The van der Waals surface area contributed by atoms with E-state index in [1.165, 1.54) is 61.3 Å². The lowest BCUT2D eigenvalue weighted by Gasteiger charge is -2.26. The molecule has 4 heterocycles. The van der Waals surface area contributed by atoms with Crippen LogP contribution in [0.25, 0.3) is 9.40 Å². The van der Waals surface area contributed by atoms with Gasteiger partial charge in [-0.1, -0.05) is 0 Å². The number of hydrogen-bond acceptors (Lipinski definition) is 6. The van der Waals surface area contributed by atoms with E-state index in [-0.39, 0.29) is 0 Å². The summed E-state index contributed by atoms with van der Waals surface area (Å²) in [5, 5.41) is 3.43. The SMILES string of the molecule is c1c(CCCN2CCOCC2)sc2cc(CCCN3CCNCC3)sc12. The van der Waals surface area contributed by atoms with Gasteiger partial charge < -0.3 is 15.0 Å². The van der Waals surface area contributed by atoms with E-state index in [0.717, 1.165) is 39.4 Å². The number of aryl methyl sites for hydroxylation is 2. The van der Waals surface area contributed by atoms with Gasteiger partial charge in [-0.15, -0.1) is 22.7 Å². The first-order chi connectivity index (χ1) is 12.9. The number of nitrogens with one attached hydrogen (secondary N) is 1. The minimum absolute atomic E-state index is 0.909. The number of morpholine rings is 1. The van der Waals surface area contributed by atoms with Crippen LogP contribution >= 0.6 is 22.7 Å². The van der Waals surface area contributed by atoms with Gasteiger partial charge in [0.1, 0.15) is 0 Å². The second-order valence-corrected chi connectivity index (χ2v) is 9.74. The fourth-order valence-corrected chi connectivity index (χ4v) is 6.43. The van der Waals surface area contributed by atoms with Crippen molar-refractivity contribution in [2.24, 2.45) is 0 Å². The van der Waals surface area contributed by atoms with Crippen LogP contribution in [-0.4, -0.2) is 75.4 Å². The second kappa shape index (κ2) is 9.62. The fraction of sp³-hybridized carbons (Fsp3) is 0.700. The van der Waals surface area contributed by atoms with Crippen molar-refractivity contribution in [3.63, 3.8) is 0 Å². The highest BCUT2D eigenvalue weighted by atomic mass is 32.1. The summed E-state index contributed by atoms with van der Waals surface area (Å²) in [7, 11) is 0. The summed E-state index contributed by atoms with van der Waals surface area (Å²) in [6.07, 6.45) is 5.02. The minimum atomic E-state index is 0.909. The molecule has 1 N–H and O–H groups in total. The molecule has 6 heteroatoms. The standard InChI is InChI=1S/C20H31N3OS2/c1(7-22-9-5-21-6-10-22)3-17-15-19-20(25-17)16-18(26-19)4-2-8-23-11-13-24-14-12-23/h15-16,21H,1-14H2. The Kier molecular flexibility index (Phi) is 6.97. The number of piperazine rings is 1. The van der Waals surface area contributed by atoms with Crippen LogP contribution in [0.15, 0.2) is 12.1 Å². The first kappa shape index (κ1) is 18.8. The molecule has 2 aliphatic rings. The maximum absolute atomic E-state index is 5.42. The Morgan fingerprint density at radius 3 is 1.92 bits per heavy atom. The van der Waals surface area contributed by atoms with Crippen molar-refractivity contribution in [1.29, 1.82) is 0 Å². The maximum atomic E-state index is 5.42. The molecule has 4 nitrogen and oxygen atoms in total. The normalized spacial score (nSPS) is 20.2. The van der Waals surface area contributed by atoms with E-state index in [4.69, 9.17) is 4.74 Å². The molecule has 2 aromatic rings. The molecule has 2 fully saturated rings. The first-order valence-corrected chi connectivity index (χ1v) is 11.7. The number of fused-ring (bicyclic) bond motifs is 1. The summed E-state index contributed by atoms with van der Waals surface area (Å²) in [6.45, 7) is 11.2. The van der Waals surface area contributed by atoms with Crippen LogP contribution in [0.3, 0.4) is 0 Å². The molecule has 26 heavy (non-hydrogen) atoms. The number of thiophene rings is 2. The van der Waals surface area contributed by atoms with E-state index in [9.17, 15) is 0 Å². The fourth-order valence-electron chi connectivity index (χ4n) is 3.90. The van der Waals surface area contributed by atoms with E-state index in [0.29, 0.717) is 0 Å². The molecule has 4 rings (SSSR count). The van der Waals surface area contributed by atoms with Crippen molar-refractivity contribution in [3.8, 4) is 0 Å². The molecule has 2 aromatic heterocycles. The van der Waals surface area contributed by atoms with Crippen LogP contribution in [0.4, 0.5) is 0 Å². The molecule has 144 valence electrons. The Morgan fingerprint density at radius 1 is 0.808 bits per heavy atom. The zero-order valence-electron chi connectivity index (χ0n) is 15.7. The van der Waals surface area contributed by atoms with Crippen molar-refractivity contribution in [2.45, 2.75) is 25.7 Å². The average molecular weight is 394 g/mol. The van der Waals surface area contributed by atoms with Crippen LogP contribution < -0.4 is 5.32 Å². The molecule has 2 aliphatic heterocycles. The van der Waals surface area contributed by atoms with Crippen molar-refractivity contribution < 1.29 is 4.74 Å². The predicted molar refractivity (Wildman–Crippen MR) is 113 cm³/mol. The molecule has 0 amide bonds. The van der Waals surface area contributed by atoms with Crippen LogP contribution in [0.5, 0.6) is 0 Å². The van der Waals surface area contributed by atoms with Gasteiger partial charge in [-0.25, -0.2) is 0 Å². The summed E-state index contributed by atoms with van der Waals surface area (Å²) in [6, 6.07) is 4.90. The zero-order valence-corrected chi connectivity index (χ0v) is 17.3. The van der Waals surface area contributed by atoms with E-state index in [1.807, 2.05) is 22.7 Å². The van der Waals surface area contributed by atoms with Gasteiger partial charge in [0.25, 0.3) is 0 Å². The summed E-state index contributed by atoms with van der Waals surface area (Å²) in [5.41, 5.74) is 0. The summed E-state index contributed by atoms with van der Waals surface area (Å²) in [4.78, 5) is 8.27. The monoisotopic (exact) mass is 393 g/mol. The van der Waals surface area contributed by atoms with Gasteiger partial charge >= 0.3 is 0 Å². The summed E-state index contributed by atoms with van der Waals surface area (Å²) >= 11 is 4.03. The van der Waals surface area contributed by atoms with Gasteiger partial charge in [0.15, 0.2) is 0 Å². The Hall–Kier alpha value is -0.500. The third kappa shape index (κ3) is 5.27. The number of rotatable bonds is 8. The molecular weight excluding hydrogens is 362 g/mol.